The topological polar surface area (TPSA) is 116 Å². The average molecular weight is 493 g/mol. The predicted molar refractivity (Wildman–Crippen MR) is 118 cm³/mol. The standard InChI is InChI=1S/C23H26F3N5O4/c1-13-5-6-18(32)31(10-13)11-15(27-22(34)35)9-19(33)30-8-7-16-17(12-30)28-21(14-3-2-4-14)29-20(16)23(24,25)26/h2-4,13,15,27H,5-12H2,1H3,(H,34,35)/t13-,15+/m1/s1. The molecule has 2 aliphatic heterocycles. The molecule has 3 aliphatic rings. The molecule has 1 aromatic rings. The number of nitrogens with zero attached hydrogens (tertiary/aromatic N) is 4. The fraction of sp³-hybridized carbons (Fsp3) is 0.522. The number of hydrogen-bond donors (Lipinski definition) is 2. The Morgan fingerprint density at radius 1 is 1.29 bits per heavy atom. The van der Waals surface area contributed by atoms with Crippen LogP contribution in [0.3, 0.4) is 0 Å². The number of rotatable bonds is 6. The third-order valence-corrected chi connectivity index (χ3v) is 6.42. The lowest BCUT2D eigenvalue weighted by atomic mass is 9.98. The van der Waals surface area contributed by atoms with E-state index in [9.17, 15) is 32.7 Å². The maximum Gasteiger partial charge on any atom is 0.433 e. The van der Waals surface area contributed by atoms with Crippen molar-refractivity contribution in [3.8, 4) is 0 Å². The summed E-state index contributed by atoms with van der Waals surface area (Å²) in [7, 11) is 0. The van der Waals surface area contributed by atoms with Crippen molar-refractivity contribution in [3.05, 3.63) is 41.0 Å². The van der Waals surface area contributed by atoms with Gasteiger partial charge in [0.1, 0.15) is 0 Å². The molecule has 188 valence electrons. The van der Waals surface area contributed by atoms with Crippen LogP contribution in [0.2, 0.25) is 0 Å². The van der Waals surface area contributed by atoms with Gasteiger partial charge in [-0.1, -0.05) is 25.2 Å². The van der Waals surface area contributed by atoms with E-state index in [2.05, 4.69) is 15.3 Å². The van der Waals surface area contributed by atoms with Gasteiger partial charge in [0, 0.05) is 43.6 Å². The summed E-state index contributed by atoms with van der Waals surface area (Å²) in [6.07, 6.45) is -0.249. The van der Waals surface area contributed by atoms with E-state index in [4.69, 9.17) is 0 Å². The van der Waals surface area contributed by atoms with Gasteiger partial charge in [0.05, 0.1) is 18.3 Å². The molecule has 2 N–H and O–H groups in total. The molecule has 1 saturated heterocycles. The van der Waals surface area contributed by atoms with Crippen molar-refractivity contribution in [2.45, 2.75) is 51.4 Å². The largest absolute Gasteiger partial charge is 0.465 e. The summed E-state index contributed by atoms with van der Waals surface area (Å²) in [5, 5.41) is 11.5. The van der Waals surface area contributed by atoms with Gasteiger partial charge in [-0.25, -0.2) is 14.8 Å². The highest BCUT2D eigenvalue weighted by atomic mass is 19.4. The van der Waals surface area contributed by atoms with Crippen LogP contribution >= 0.6 is 0 Å². The van der Waals surface area contributed by atoms with Crippen molar-refractivity contribution in [3.63, 3.8) is 0 Å². The number of piperidine rings is 1. The van der Waals surface area contributed by atoms with Crippen LogP contribution in [0.25, 0.3) is 5.57 Å². The molecule has 9 nitrogen and oxygen atoms in total. The number of hydrogen-bond acceptors (Lipinski definition) is 5. The Labute approximate surface area is 199 Å². The maximum absolute atomic E-state index is 13.7. The minimum Gasteiger partial charge on any atom is -0.465 e. The average Bonchev–Trinajstić information content (AvgIpc) is 2.73. The van der Waals surface area contributed by atoms with Crippen LogP contribution in [0.4, 0.5) is 18.0 Å². The molecule has 0 unspecified atom stereocenters. The first-order valence-corrected chi connectivity index (χ1v) is 11.4. The Morgan fingerprint density at radius 2 is 2.03 bits per heavy atom. The molecular weight excluding hydrogens is 467 g/mol. The molecule has 1 aromatic heterocycles. The van der Waals surface area contributed by atoms with E-state index in [1.807, 2.05) is 6.92 Å². The lowest BCUT2D eigenvalue weighted by molar-refractivity contribution is -0.142. The first kappa shape index (κ1) is 24.7. The van der Waals surface area contributed by atoms with E-state index in [1.165, 1.54) is 4.90 Å². The summed E-state index contributed by atoms with van der Waals surface area (Å²) in [6, 6.07) is -0.840. The van der Waals surface area contributed by atoms with E-state index in [0.717, 1.165) is 6.42 Å². The van der Waals surface area contributed by atoms with Gasteiger partial charge in [0.15, 0.2) is 11.5 Å². The second-order valence-corrected chi connectivity index (χ2v) is 9.16. The van der Waals surface area contributed by atoms with Gasteiger partial charge < -0.3 is 20.2 Å². The third-order valence-electron chi connectivity index (χ3n) is 6.42. The van der Waals surface area contributed by atoms with Gasteiger partial charge in [0.2, 0.25) is 11.8 Å². The van der Waals surface area contributed by atoms with Crippen molar-refractivity contribution in [1.29, 1.82) is 0 Å². The van der Waals surface area contributed by atoms with Crippen LogP contribution in [0.15, 0.2) is 18.2 Å². The zero-order valence-corrected chi connectivity index (χ0v) is 19.1. The highest BCUT2D eigenvalue weighted by Gasteiger charge is 2.39. The molecule has 4 rings (SSSR count). The molecule has 12 heteroatoms. The van der Waals surface area contributed by atoms with Crippen molar-refractivity contribution in [1.82, 2.24) is 25.1 Å². The molecule has 2 atom stereocenters. The monoisotopic (exact) mass is 493 g/mol. The van der Waals surface area contributed by atoms with Crippen molar-refractivity contribution in [2.24, 2.45) is 5.92 Å². The second kappa shape index (κ2) is 9.67. The van der Waals surface area contributed by atoms with Crippen LogP contribution in [0.5, 0.6) is 0 Å². The number of fused-ring (bicyclic) bond motifs is 1. The second-order valence-electron chi connectivity index (χ2n) is 9.16. The highest BCUT2D eigenvalue weighted by Crippen LogP contribution is 2.35. The molecule has 0 radical (unpaired) electrons. The smallest absolute Gasteiger partial charge is 0.433 e. The van der Waals surface area contributed by atoms with Crippen LogP contribution in [0.1, 0.15) is 49.0 Å². The molecule has 3 heterocycles. The van der Waals surface area contributed by atoms with Gasteiger partial charge in [-0.3, -0.25) is 9.59 Å². The third kappa shape index (κ3) is 5.63. The molecule has 0 aromatic carbocycles. The SMILES string of the molecule is C[C@@H]1CCC(=O)N(C[C@H](CC(=O)N2CCc3c(nc(C4=CC=C4)nc3C(F)(F)F)C2)NC(=O)O)C1. The van der Waals surface area contributed by atoms with E-state index >= 15 is 0 Å². The first-order chi connectivity index (χ1) is 16.5. The van der Waals surface area contributed by atoms with E-state index in [1.54, 1.807) is 23.1 Å². The molecule has 1 aliphatic carbocycles. The fourth-order valence-electron chi connectivity index (χ4n) is 4.56. The van der Waals surface area contributed by atoms with Crippen molar-refractivity contribution >= 4 is 23.5 Å². The minimum atomic E-state index is -4.66. The number of allylic oxidation sites excluding steroid dienone is 4. The summed E-state index contributed by atoms with van der Waals surface area (Å²) in [5.41, 5.74) is -0.407. The highest BCUT2D eigenvalue weighted by molar-refractivity contribution is 5.80. The number of likely N-dealkylation sites (tertiary alicyclic amines) is 1. The van der Waals surface area contributed by atoms with Crippen LogP contribution in [0, 0.1) is 5.92 Å². The number of halogens is 3. The zero-order valence-electron chi connectivity index (χ0n) is 19.1. The quantitative estimate of drug-likeness (QED) is 0.630. The fourth-order valence-corrected chi connectivity index (χ4v) is 4.56. The molecule has 3 amide bonds. The zero-order chi connectivity index (χ0) is 25.3. The minimum absolute atomic E-state index is 0.0256. The number of alkyl halides is 3. The summed E-state index contributed by atoms with van der Waals surface area (Å²) < 4.78 is 41.0. The van der Waals surface area contributed by atoms with Gasteiger partial charge >= 0.3 is 12.3 Å². The summed E-state index contributed by atoms with van der Waals surface area (Å²) in [6.45, 7) is 2.42. The Hall–Kier alpha value is -3.44. The number of carboxylic acid groups (broad SMARTS) is 1. The van der Waals surface area contributed by atoms with Gasteiger partial charge in [0.25, 0.3) is 0 Å². The number of carbonyl (C=O) groups is 3. The molecular formula is C23H26F3N5O4. The maximum atomic E-state index is 13.7. The Kier molecular flexibility index (Phi) is 6.82. The summed E-state index contributed by atoms with van der Waals surface area (Å²) in [4.78, 5) is 47.6. The number of aromatic nitrogens is 2. The predicted octanol–water partition coefficient (Wildman–Crippen LogP) is 2.62. The summed E-state index contributed by atoms with van der Waals surface area (Å²) >= 11 is 0. The Balaban J connectivity index is 1.50. The molecule has 0 spiro atoms. The molecule has 0 saturated carbocycles. The number of amides is 3. The lowest BCUT2D eigenvalue weighted by Gasteiger charge is -2.35. The van der Waals surface area contributed by atoms with Gasteiger partial charge in [-0.15, -0.1) is 0 Å². The molecule has 1 fully saturated rings. The Bertz CT molecular complexity index is 1100. The van der Waals surface area contributed by atoms with E-state index in [-0.39, 0.29) is 61.4 Å². The van der Waals surface area contributed by atoms with Gasteiger partial charge in [-0.2, -0.15) is 13.2 Å². The van der Waals surface area contributed by atoms with Crippen LogP contribution < -0.4 is 5.32 Å². The van der Waals surface area contributed by atoms with Crippen molar-refractivity contribution < 1.29 is 32.7 Å². The first-order valence-electron chi connectivity index (χ1n) is 11.4. The van der Waals surface area contributed by atoms with Crippen LogP contribution in [-0.4, -0.2) is 68.5 Å². The van der Waals surface area contributed by atoms with Crippen LogP contribution in [-0.2, 0) is 28.7 Å². The molecule has 0 bridgehead atoms. The summed E-state index contributed by atoms with van der Waals surface area (Å²) in [5.74, 6) is -0.299. The Morgan fingerprint density at radius 3 is 2.66 bits per heavy atom. The number of carbonyl (C=O) groups excluding carboxylic acids is 2. The van der Waals surface area contributed by atoms with Gasteiger partial charge in [-0.05, 0) is 18.8 Å². The van der Waals surface area contributed by atoms with E-state index < -0.39 is 29.9 Å². The van der Waals surface area contributed by atoms with Crippen molar-refractivity contribution in [2.75, 3.05) is 19.6 Å². The lowest BCUT2D eigenvalue weighted by Crippen LogP contribution is -2.50. The molecule has 35 heavy (non-hydrogen) atoms. The normalized spacial score (nSPS) is 20.6. The van der Waals surface area contributed by atoms with E-state index in [0.29, 0.717) is 18.5 Å². The number of nitrogens with one attached hydrogen (secondary N) is 1.